The second-order valence-electron chi connectivity index (χ2n) is 7.13. The minimum absolute atomic E-state index is 0.0821. The third-order valence-electron chi connectivity index (χ3n) is 5.43. The lowest BCUT2D eigenvalue weighted by Crippen LogP contribution is -2.56. The predicted octanol–water partition coefficient (Wildman–Crippen LogP) is 1.97. The number of piperazine rings is 1. The molecule has 1 N–H and O–H groups in total. The van der Waals surface area contributed by atoms with Crippen LogP contribution in [0.15, 0.2) is 30.3 Å². The minimum atomic E-state index is 0.0821. The second kappa shape index (κ2) is 8.76. The highest BCUT2D eigenvalue weighted by Gasteiger charge is 2.26. The van der Waals surface area contributed by atoms with Crippen LogP contribution < -0.4 is 5.32 Å². The topological polar surface area (TPSA) is 61.9 Å². The zero-order valence-electron chi connectivity index (χ0n) is 15.1. The van der Waals surface area contributed by atoms with E-state index in [9.17, 15) is 10.0 Å². The molecule has 1 heterocycles. The molecule has 6 heteroatoms. The maximum atomic E-state index is 12.6. The van der Waals surface area contributed by atoms with Gasteiger partial charge in [-0.1, -0.05) is 30.3 Å². The maximum Gasteiger partial charge on any atom is 0.219 e. The first-order valence-electron chi connectivity index (χ1n) is 9.37. The fourth-order valence-corrected chi connectivity index (χ4v) is 3.80. The van der Waals surface area contributed by atoms with Crippen LogP contribution >= 0.6 is 0 Å². The van der Waals surface area contributed by atoms with Crippen LogP contribution in [0.4, 0.5) is 0 Å². The Morgan fingerprint density at radius 3 is 2.36 bits per heavy atom. The summed E-state index contributed by atoms with van der Waals surface area (Å²) in [6.07, 6.45) is 3.96. The molecular weight excluding hydrogens is 316 g/mol. The number of benzene rings is 1. The van der Waals surface area contributed by atoms with E-state index in [2.05, 4.69) is 29.6 Å². The van der Waals surface area contributed by atoms with Gasteiger partial charge in [0.25, 0.3) is 0 Å². The fraction of sp³-hybridized carbons (Fsp3) is 0.632. The molecule has 0 atom stereocenters. The molecule has 2 aliphatic rings. The van der Waals surface area contributed by atoms with E-state index in [1.807, 2.05) is 16.0 Å². The van der Waals surface area contributed by atoms with Gasteiger partial charge in [-0.25, -0.2) is 5.01 Å². The molecule has 1 amide bonds. The summed E-state index contributed by atoms with van der Waals surface area (Å²) in [6, 6.07) is 11.0. The van der Waals surface area contributed by atoms with E-state index in [0.29, 0.717) is 32.2 Å². The first kappa shape index (κ1) is 18.3. The van der Waals surface area contributed by atoms with Crippen LogP contribution in [0.5, 0.6) is 0 Å². The highest BCUT2D eigenvalue weighted by atomic mass is 16.6. The van der Waals surface area contributed by atoms with Crippen LogP contribution in [-0.4, -0.2) is 59.3 Å². The van der Waals surface area contributed by atoms with Gasteiger partial charge in [0.15, 0.2) is 0 Å². The quantitative estimate of drug-likeness (QED) is 0.827. The summed E-state index contributed by atoms with van der Waals surface area (Å²) in [5.41, 5.74) is 1.30. The normalized spacial score (nSPS) is 25.3. The van der Waals surface area contributed by atoms with Crippen molar-refractivity contribution in [2.45, 2.75) is 51.2 Å². The Labute approximate surface area is 150 Å². The number of nitrogens with one attached hydrogen (secondary N) is 1. The lowest BCUT2D eigenvalue weighted by Gasteiger charge is -2.50. The van der Waals surface area contributed by atoms with Gasteiger partial charge in [0.1, 0.15) is 0 Å². The highest BCUT2D eigenvalue weighted by molar-refractivity contribution is 5.73. The number of nitrogens with zero attached hydrogens (tertiary/aromatic N) is 3. The number of carbonyl (C=O) groups excluding carboxylic acids is 1. The van der Waals surface area contributed by atoms with Crippen LogP contribution in [0.2, 0.25) is 0 Å². The van der Waals surface area contributed by atoms with Crippen molar-refractivity contribution in [3.05, 3.63) is 41.1 Å². The third kappa shape index (κ3) is 5.01. The molecule has 3 rings (SSSR count). The van der Waals surface area contributed by atoms with Crippen molar-refractivity contribution in [3.8, 4) is 0 Å². The van der Waals surface area contributed by atoms with E-state index in [1.165, 1.54) is 10.7 Å². The van der Waals surface area contributed by atoms with Gasteiger partial charge in [-0.2, -0.15) is 0 Å². The summed E-state index contributed by atoms with van der Waals surface area (Å²) in [5.74, 6) is 0.0992. The van der Waals surface area contributed by atoms with Gasteiger partial charge >= 0.3 is 0 Å². The number of hydrogen-bond acceptors (Lipinski definition) is 5. The van der Waals surface area contributed by atoms with Gasteiger partial charge in [-0.15, -0.1) is 0 Å². The number of carbonyl (C=O) groups is 1. The zero-order valence-corrected chi connectivity index (χ0v) is 15.1. The van der Waals surface area contributed by atoms with Crippen molar-refractivity contribution < 1.29 is 4.79 Å². The molecule has 6 nitrogen and oxygen atoms in total. The first-order chi connectivity index (χ1) is 12.1. The molecule has 0 bridgehead atoms. The largest absolute Gasteiger partial charge is 0.771 e. The van der Waals surface area contributed by atoms with Gasteiger partial charge in [-0.3, -0.25) is 4.79 Å². The molecular formula is C19H29N4O2-. The molecule has 1 saturated carbocycles. The van der Waals surface area contributed by atoms with Gasteiger partial charge < -0.3 is 20.6 Å². The van der Waals surface area contributed by atoms with Crippen molar-refractivity contribution in [1.82, 2.24) is 20.4 Å². The van der Waals surface area contributed by atoms with Crippen molar-refractivity contribution in [2.75, 3.05) is 26.2 Å². The van der Waals surface area contributed by atoms with Crippen LogP contribution in [0.25, 0.3) is 0 Å². The minimum Gasteiger partial charge on any atom is -0.771 e. The molecule has 1 aliphatic carbocycles. The number of rotatable bonds is 5. The molecule has 2 fully saturated rings. The summed E-state index contributed by atoms with van der Waals surface area (Å²) in [5, 5.41) is 19.3. The van der Waals surface area contributed by atoms with E-state index in [0.717, 1.165) is 32.2 Å². The lowest BCUT2D eigenvalue weighted by molar-refractivity contribution is -0.134. The number of hydrogen-bond donors (Lipinski definition) is 1. The molecule has 0 radical (unpaired) electrons. The van der Waals surface area contributed by atoms with Crippen molar-refractivity contribution in [2.24, 2.45) is 0 Å². The smallest absolute Gasteiger partial charge is 0.219 e. The zero-order chi connectivity index (χ0) is 17.6. The lowest BCUT2D eigenvalue weighted by atomic mass is 9.91. The summed E-state index contributed by atoms with van der Waals surface area (Å²) in [7, 11) is 0. The third-order valence-corrected chi connectivity index (χ3v) is 5.43. The Bertz CT molecular complexity index is 538. The molecule has 0 aromatic heterocycles. The Morgan fingerprint density at radius 1 is 1.12 bits per heavy atom. The Balaban J connectivity index is 1.39. The van der Waals surface area contributed by atoms with Crippen LogP contribution in [-0.2, 0) is 11.3 Å². The Hall–Kier alpha value is -1.47. The summed E-state index contributed by atoms with van der Waals surface area (Å²) >= 11 is 0. The van der Waals surface area contributed by atoms with E-state index in [1.54, 1.807) is 6.92 Å². The molecule has 25 heavy (non-hydrogen) atoms. The van der Waals surface area contributed by atoms with Crippen LogP contribution in [0.3, 0.4) is 0 Å². The van der Waals surface area contributed by atoms with Crippen LogP contribution in [0, 0.1) is 5.21 Å². The van der Waals surface area contributed by atoms with Crippen molar-refractivity contribution >= 4 is 5.91 Å². The molecule has 1 aliphatic heterocycles. The standard InChI is InChI=1S/C19H29N4O2/c1-16(24)21-11-13-22(14-12-21)23(25)19-9-7-18(8-10-19)20-15-17-5-3-2-4-6-17/h2-6,18-20H,7-15H2,1H3/q-1. The van der Waals surface area contributed by atoms with Crippen molar-refractivity contribution in [1.29, 1.82) is 0 Å². The molecule has 1 aromatic rings. The van der Waals surface area contributed by atoms with E-state index < -0.39 is 0 Å². The van der Waals surface area contributed by atoms with Gasteiger partial charge in [-0.05, 0) is 31.2 Å². The van der Waals surface area contributed by atoms with E-state index >= 15 is 0 Å². The second-order valence-corrected chi connectivity index (χ2v) is 7.13. The first-order valence-corrected chi connectivity index (χ1v) is 9.37. The van der Waals surface area contributed by atoms with Crippen LogP contribution in [0.1, 0.15) is 38.2 Å². The fourth-order valence-electron chi connectivity index (χ4n) is 3.80. The molecule has 0 spiro atoms. The number of hydrazine groups is 1. The average Bonchev–Trinajstić information content (AvgIpc) is 2.67. The van der Waals surface area contributed by atoms with Crippen molar-refractivity contribution in [3.63, 3.8) is 0 Å². The van der Waals surface area contributed by atoms with Gasteiger partial charge in [0.2, 0.25) is 5.91 Å². The highest BCUT2D eigenvalue weighted by Crippen LogP contribution is 2.24. The Kier molecular flexibility index (Phi) is 6.42. The molecule has 1 saturated heterocycles. The number of amides is 1. The maximum absolute atomic E-state index is 12.6. The summed E-state index contributed by atoms with van der Waals surface area (Å²) < 4.78 is 0. The molecule has 138 valence electrons. The van der Waals surface area contributed by atoms with E-state index in [4.69, 9.17) is 0 Å². The molecule has 0 unspecified atom stereocenters. The van der Waals surface area contributed by atoms with Gasteiger partial charge in [0, 0.05) is 51.7 Å². The predicted molar refractivity (Wildman–Crippen MR) is 98.4 cm³/mol. The molecule has 1 aromatic carbocycles. The van der Waals surface area contributed by atoms with E-state index in [-0.39, 0.29) is 11.9 Å². The van der Waals surface area contributed by atoms with Gasteiger partial charge in [0.05, 0.1) is 0 Å². The summed E-state index contributed by atoms with van der Waals surface area (Å²) in [4.78, 5) is 13.2. The summed E-state index contributed by atoms with van der Waals surface area (Å²) in [6.45, 7) is 5.09. The Morgan fingerprint density at radius 2 is 1.76 bits per heavy atom. The average molecular weight is 345 g/mol. The number of hydroxylamine groups is 1. The SMILES string of the molecule is CC(=O)N1CCN(N([O-])C2CCC(NCc3ccccc3)CC2)CC1. The monoisotopic (exact) mass is 345 g/mol.